The van der Waals surface area contributed by atoms with Gasteiger partial charge in [0.15, 0.2) is 0 Å². The first-order valence-corrected chi connectivity index (χ1v) is 1.58. The molecule has 0 rings (SSSR count). The molecule has 0 spiro atoms. The number of hydrogen-bond acceptors (Lipinski definition) is 0. The molecule has 0 unspecified atom stereocenters. The zero-order valence-electron chi connectivity index (χ0n) is 3.60. The quantitative estimate of drug-likeness (QED) is 0.477. The summed E-state index contributed by atoms with van der Waals surface area (Å²) in [6.07, 6.45) is 5.15. The minimum atomic E-state index is 0. The van der Waals surface area contributed by atoms with E-state index < -0.39 is 0 Å². The molecule has 0 aliphatic carbocycles. The van der Waals surface area contributed by atoms with E-state index in [4.69, 9.17) is 6.58 Å². The third-order valence-electron chi connectivity index (χ3n) is 0.304. The Hall–Kier alpha value is 0.727. The van der Waals surface area contributed by atoms with E-state index in [1.807, 2.05) is 13.0 Å². The molecule has 0 saturated heterocycles. The Kier molecular flexibility index (Phi) is 15.2. The van der Waals surface area contributed by atoms with Gasteiger partial charge < -0.3 is 0 Å². The van der Waals surface area contributed by atoms with Gasteiger partial charge in [0.25, 0.3) is 0 Å². The van der Waals surface area contributed by atoms with Crippen molar-refractivity contribution in [2.45, 2.75) is 6.92 Å². The maximum atomic E-state index is 4.93. The number of rotatable bonds is 1. The van der Waals surface area contributed by atoms with Gasteiger partial charge in [-0.25, -0.2) is 12.2 Å². The van der Waals surface area contributed by atoms with E-state index in [0.29, 0.717) is 0 Å². The van der Waals surface area contributed by atoms with Gasteiger partial charge in [0.2, 0.25) is 0 Å². The molecule has 40 valence electrons. The summed E-state index contributed by atoms with van der Waals surface area (Å²) in [4.78, 5) is 0. The van der Waals surface area contributed by atoms with Crippen molar-refractivity contribution in [1.29, 1.82) is 0 Å². The second kappa shape index (κ2) is 9.21. The van der Waals surface area contributed by atoms with Crippen LogP contribution in [0.15, 0.2) is 18.2 Å². The van der Waals surface area contributed by atoms with Crippen molar-refractivity contribution in [1.82, 2.24) is 0 Å². The molecule has 0 aromatic carbocycles. The van der Waals surface area contributed by atoms with Crippen LogP contribution in [0.2, 0.25) is 0 Å². The molecule has 0 nitrogen and oxygen atoms in total. The molecule has 0 fully saturated rings. The second-order valence-corrected chi connectivity index (χ2v) is 0.718. The summed E-state index contributed by atoms with van der Waals surface area (Å²) >= 11 is 0. The van der Waals surface area contributed by atoms with Crippen LogP contribution in [-0.2, 0) is 0 Å². The van der Waals surface area contributed by atoms with E-state index in [0.717, 1.165) is 0 Å². The van der Waals surface area contributed by atoms with E-state index in [2.05, 4.69) is 0 Å². The third-order valence-corrected chi connectivity index (χ3v) is 0.304. The van der Waals surface area contributed by atoms with Crippen LogP contribution in [0.5, 0.6) is 0 Å². The SMILES string of the molecule is [CH-]=CC=CC.[Er]. The maximum Gasteiger partial charge on any atom is 0 e. The second-order valence-electron chi connectivity index (χ2n) is 0.718. The van der Waals surface area contributed by atoms with Crippen molar-refractivity contribution in [3.8, 4) is 0 Å². The van der Waals surface area contributed by atoms with E-state index in [-0.39, 0.29) is 37.3 Å². The predicted molar refractivity (Wildman–Crippen MR) is 23.7 cm³/mol. The third kappa shape index (κ3) is 8.83. The van der Waals surface area contributed by atoms with Crippen molar-refractivity contribution in [2.75, 3.05) is 0 Å². The van der Waals surface area contributed by atoms with Crippen molar-refractivity contribution in [3.05, 3.63) is 24.8 Å². The molecule has 0 aliphatic heterocycles. The minimum Gasteiger partial charge on any atom is -0.293 e. The topological polar surface area (TPSA) is 0 Å². The van der Waals surface area contributed by atoms with Gasteiger partial charge in [0, 0.05) is 37.3 Å². The molecule has 0 aromatic heterocycles. The van der Waals surface area contributed by atoms with Crippen LogP contribution in [0.1, 0.15) is 6.92 Å². The molecular weight excluding hydrogens is 227 g/mol. The van der Waals surface area contributed by atoms with Crippen molar-refractivity contribution in [2.24, 2.45) is 0 Å². The molecule has 6 heavy (non-hydrogen) atoms. The smallest absolute Gasteiger partial charge is 0 e. The molecule has 0 amide bonds. The van der Waals surface area contributed by atoms with Crippen molar-refractivity contribution in [3.63, 3.8) is 0 Å². The normalized spacial score (nSPS) is 7.50. The van der Waals surface area contributed by atoms with Crippen LogP contribution >= 0.6 is 0 Å². The van der Waals surface area contributed by atoms with Gasteiger partial charge in [-0.05, 0) is 0 Å². The summed E-state index contributed by atoms with van der Waals surface area (Å²) in [6.45, 7) is 6.85. The van der Waals surface area contributed by atoms with Gasteiger partial charge in [0.1, 0.15) is 0 Å². The van der Waals surface area contributed by atoms with Gasteiger partial charge in [-0.15, -0.1) is 0 Å². The van der Waals surface area contributed by atoms with Crippen LogP contribution in [-0.4, -0.2) is 0 Å². The maximum absolute atomic E-state index is 4.93. The molecule has 0 bridgehead atoms. The molecule has 0 atom stereocenters. The molecule has 0 saturated carbocycles. The summed E-state index contributed by atoms with van der Waals surface area (Å²) in [7, 11) is 0. The largest absolute Gasteiger partial charge is 0.293 e. The molecule has 0 N–H and O–H groups in total. The molecular formula is C5H7Er-. The first kappa shape index (κ1) is 9.87. The number of hydrogen-bond donors (Lipinski definition) is 0. The van der Waals surface area contributed by atoms with E-state index >= 15 is 0 Å². The standard InChI is InChI=1S/C5H7.Er/c1-3-5-4-2;/h1,3-5H,2H3;/q-1;. The van der Waals surface area contributed by atoms with Crippen LogP contribution in [0, 0.1) is 43.9 Å². The molecule has 1 heteroatoms. The summed E-state index contributed by atoms with van der Waals surface area (Å²) in [6, 6.07) is 0. The average Bonchev–Trinajstić information content (AvgIpc) is 1.41. The predicted octanol–water partition coefficient (Wildman–Crippen LogP) is 1.55. The summed E-state index contributed by atoms with van der Waals surface area (Å²) in [5.41, 5.74) is 0. The van der Waals surface area contributed by atoms with E-state index in [9.17, 15) is 0 Å². The summed E-state index contributed by atoms with van der Waals surface area (Å²) < 4.78 is 0. The Bertz CT molecular complexity index is 45.9. The fourth-order valence-corrected chi connectivity index (χ4v) is 0.111. The Balaban J connectivity index is 0. The minimum absolute atomic E-state index is 0. The molecule has 0 heterocycles. The van der Waals surface area contributed by atoms with Gasteiger partial charge in [-0.2, -0.15) is 6.08 Å². The molecule has 0 radical (unpaired) electrons. The van der Waals surface area contributed by atoms with Gasteiger partial charge in [-0.3, -0.25) is 6.58 Å². The van der Waals surface area contributed by atoms with Crippen LogP contribution in [0.3, 0.4) is 0 Å². The van der Waals surface area contributed by atoms with Crippen LogP contribution < -0.4 is 0 Å². The van der Waals surface area contributed by atoms with Gasteiger partial charge in [-0.1, -0.05) is 6.92 Å². The molecule has 0 aliphatic rings. The fourth-order valence-electron chi connectivity index (χ4n) is 0.111. The van der Waals surface area contributed by atoms with E-state index in [1.54, 1.807) is 6.08 Å². The Morgan fingerprint density at radius 1 is 1.50 bits per heavy atom. The van der Waals surface area contributed by atoms with Gasteiger partial charge in [0.05, 0.1) is 0 Å². The zero-order chi connectivity index (χ0) is 4.12. The average molecular weight is 234 g/mol. The van der Waals surface area contributed by atoms with Crippen molar-refractivity contribution >= 4 is 0 Å². The molecule has 0 aromatic rings. The fraction of sp³-hybridized carbons (Fsp3) is 0.200. The van der Waals surface area contributed by atoms with Crippen LogP contribution in [0.25, 0.3) is 0 Å². The summed E-state index contributed by atoms with van der Waals surface area (Å²) in [5.74, 6) is 0. The summed E-state index contributed by atoms with van der Waals surface area (Å²) in [5, 5.41) is 0. The Morgan fingerprint density at radius 2 is 2.00 bits per heavy atom. The first-order chi connectivity index (χ1) is 2.41. The Morgan fingerprint density at radius 3 is 2.00 bits per heavy atom. The number of allylic oxidation sites excluding steroid dienone is 3. The van der Waals surface area contributed by atoms with Gasteiger partial charge >= 0.3 is 0 Å². The van der Waals surface area contributed by atoms with Crippen LogP contribution in [0.4, 0.5) is 0 Å². The zero-order valence-corrected chi connectivity index (χ0v) is 5.45. The first-order valence-electron chi connectivity index (χ1n) is 1.58. The van der Waals surface area contributed by atoms with Crippen molar-refractivity contribution < 1.29 is 37.3 Å². The monoisotopic (exact) mass is 233 g/mol. The van der Waals surface area contributed by atoms with E-state index in [1.165, 1.54) is 6.08 Å². The Labute approximate surface area is 68.5 Å².